The number of carbonyl (C=O) groups is 1. The lowest BCUT2D eigenvalue weighted by Gasteiger charge is -2.39. The highest BCUT2D eigenvalue weighted by atomic mass is 16.7. The number of phenols is 2. The third-order valence-electron chi connectivity index (χ3n) is 5.73. The van der Waals surface area contributed by atoms with Crippen LogP contribution in [0.25, 0.3) is 22.3 Å². The largest absolute Gasteiger partial charge is 0.508 e. The molecular formula is C25H26O11. The molecule has 5 atom stereocenters. The number of hydrogen-bond donors (Lipinski definition) is 5. The van der Waals surface area contributed by atoms with Crippen LogP contribution in [0.5, 0.6) is 17.2 Å². The summed E-state index contributed by atoms with van der Waals surface area (Å²) in [5.41, 5.74) is -0.0991. The first kappa shape index (κ1) is 25.5. The first-order chi connectivity index (χ1) is 17.2. The zero-order chi connectivity index (χ0) is 26.0. The summed E-state index contributed by atoms with van der Waals surface area (Å²) in [6.07, 6.45) is -7.20. The number of fused-ring (bicyclic) bond motifs is 1. The van der Waals surface area contributed by atoms with Crippen LogP contribution >= 0.6 is 0 Å². The van der Waals surface area contributed by atoms with E-state index in [9.17, 15) is 35.1 Å². The average Bonchev–Trinajstić information content (AvgIpc) is 2.84. The van der Waals surface area contributed by atoms with Crippen molar-refractivity contribution in [3.05, 3.63) is 52.7 Å². The molecule has 0 bridgehead atoms. The van der Waals surface area contributed by atoms with Gasteiger partial charge in [0.25, 0.3) is 0 Å². The van der Waals surface area contributed by atoms with Crippen molar-refractivity contribution in [1.82, 2.24) is 0 Å². The lowest BCUT2D eigenvalue weighted by molar-refractivity contribution is -0.272. The molecule has 2 aromatic carbocycles. The van der Waals surface area contributed by atoms with E-state index in [4.69, 9.17) is 18.6 Å². The van der Waals surface area contributed by atoms with Crippen molar-refractivity contribution < 1.29 is 49.0 Å². The molecule has 2 heterocycles. The normalized spacial score (nSPS) is 23.9. The van der Waals surface area contributed by atoms with Gasteiger partial charge in [-0.15, -0.1) is 0 Å². The predicted molar refractivity (Wildman–Crippen MR) is 124 cm³/mol. The lowest BCUT2D eigenvalue weighted by atomic mass is 9.99. The number of aromatic hydroxyl groups is 2. The third-order valence-corrected chi connectivity index (χ3v) is 5.73. The molecule has 0 saturated carbocycles. The van der Waals surface area contributed by atoms with E-state index < -0.39 is 47.9 Å². The summed E-state index contributed by atoms with van der Waals surface area (Å²) in [6, 6.07) is 9.46. The van der Waals surface area contributed by atoms with E-state index in [0.29, 0.717) is 12.0 Å². The van der Waals surface area contributed by atoms with E-state index in [1.165, 1.54) is 36.4 Å². The van der Waals surface area contributed by atoms with Gasteiger partial charge >= 0.3 is 5.97 Å². The van der Waals surface area contributed by atoms with E-state index >= 15 is 0 Å². The van der Waals surface area contributed by atoms with E-state index in [1.54, 1.807) is 0 Å². The minimum atomic E-state index is -1.79. The van der Waals surface area contributed by atoms with Gasteiger partial charge in [0.15, 0.2) is 11.5 Å². The molecule has 0 aliphatic carbocycles. The summed E-state index contributed by atoms with van der Waals surface area (Å²) < 4.78 is 21.8. The fraction of sp³-hybridized carbons (Fsp3) is 0.360. The second-order valence-electron chi connectivity index (χ2n) is 8.37. The first-order valence-electron chi connectivity index (χ1n) is 11.3. The van der Waals surface area contributed by atoms with Crippen molar-refractivity contribution in [2.45, 2.75) is 50.5 Å². The summed E-state index contributed by atoms with van der Waals surface area (Å²) in [4.78, 5) is 25.0. The van der Waals surface area contributed by atoms with Crippen LogP contribution in [-0.4, -0.2) is 68.8 Å². The second-order valence-corrected chi connectivity index (χ2v) is 8.37. The number of aliphatic hydroxyl groups excluding tert-OH is 3. The van der Waals surface area contributed by atoms with Crippen LogP contribution in [-0.2, 0) is 14.3 Å². The Bertz CT molecular complexity index is 1280. The Morgan fingerprint density at radius 3 is 2.42 bits per heavy atom. The highest BCUT2D eigenvalue weighted by molar-refractivity contribution is 5.86. The number of esters is 1. The van der Waals surface area contributed by atoms with Gasteiger partial charge in [0, 0.05) is 23.8 Å². The second kappa shape index (κ2) is 10.5. The molecule has 5 N–H and O–H groups in total. The Kier molecular flexibility index (Phi) is 7.45. The van der Waals surface area contributed by atoms with Crippen LogP contribution in [0.2, 0.25) is 0 Å². The van der Waals surface area contributed by atoms with Gasteiger partial charge in [-0.2, -0.15) is 0 Å². The van der Waals surface area contributed by atoms with Gasteiger partial charge in [0.1, 0.15) is 52.3 Å². The molecule has 36 heavy (non-hydrogen) atoms. The Morgan fingerprint density at radius 1 is 1.00 bits per heavy atom. The molecular weight excluding hydrogens is 476 g/mol. The summed E-state index contributed by atoms with van der Waals surface area (Å²) in [5.74, 6) is -1.33. The Morgan fingerprint density at radius 2 is 1.72 bits per heavy atom. The van der Waals surface area contributed by atoms with E-state index in [1.807, 2.05) is 6.92 Å². The molecule has 1 aliphatic heterocycles. The maximum Gasteiger partial charge on any atom is 0.338 e. The number of rotatable bonds is 7. The van der Waals surface area contributed by atoms with Crippen molar-refractivity contribution in [2.75, 3.05) is 6.61 Å². The number of benzene rings is 2. The van der Waals surface area contributed by atoms with Gasteiger partial charge in [-0.3, -0.25) is 4.79 Å². The molecule has 192 valence electrons. The fourth-order valence-corrected chi connectivity index (χ4v) is 3.75. The standard InChI is InChI=1S/C25H26O11/c1-2-3-8-33-24(32)23-21(30)20(29)22(31)25(36-23)34-14-9-15(27)19-16(28)11-17(35-18(19)10-14)12-4-6-13(26)7-5-12/h4-7,9-11,20-23,25-27,29-31H,2-3,8H2,1H3/t20-,21-,22+,23+,25+/m1/s1. The molecule has 3 aromatic rings. The number of aliphatic hydroxyl groups is 3. The Labute approximate surface area is 204 Å². The summed E-state index contributed by atoms with van der Waals surface area (Å²) >= 11 is 0. The van der Waals surface area contributed by atoms with Crippen LogP contribution < -0.4 is 10.2 Å². The van der Waals surface area contributed by atoms with Crippen molar-refractivity contribution in [2.24, 2.45) is 0 Å². The third kappa shape index (κ3) is 5.14. The molecule has 0 amide bonds. The monoisotopic (exact) mass is 502 g/mol. The Balaban J connectivity index is 1.62. The maximum absolute atomic E-state index is 12.6. The molecule has 1 aromatic heterocycles. The minimum absolute atomic E-state index is 0.0288. The van der Waals surface area contributed by atoms with Gasteiger partial charge in [-0.25, -0.2) is 4.79 Å². The first-order valence-corrected chi connectivity index (χ1v) is 11.3. The lowest BCUT2D eigenvalue weighted by Crippen LogP contribution is -2.61. The van der Waals surface area contributed by atoms with Crippen LogP contribution in [0, 0.1) is 0 Å². The Hall–Kier alpha value is -3.64. The summed E-state index contributed by atoms with van der Waals surface area (Å²) in [5, 5.41) is 50.6. The number of phenolic OH excluding ortho intramolecular Hbond substituents is 2. The van der Waals surface area contributed by atoms with Crippen molar-refractivity contribution >= 4 is 16.9 Å². The highest BCUT2D eigenvalue weighted by Crippen LogP contribution is 2.33. The molecule has 0 radical (unpaired) electrons. The SMILES string of the molecule is CCCCOC(=O)[C@H]1O[C@H](Oc2cc(O)c3c(=O)cc(-c4ccc(O)cc4)oc3c2)[C@@H](O)[C@H](O)[C@H]1O. The van der Waals surface area contributed by atoms with Gasteiger partial charge in [0.2, 0.25) is 6.29 Å². The van der Waals surface area contributed by atoms with Crippen molar-refractivity contribution in [1.29, 1.82) is 0 Å². The molecule has 1 saturated heterocycles. The smallest absolute Gasteiger partial charge is 0.338 e. The fourth-order valence-electron chi connectivity index (χ4n) is 3.75. The van der Waals surface area contributed by atoms with Crippen LogP contribution in [0.4, 0.5) is 0 Å². The van der Waals surface area contributed by atoms with E-state index in [2.05, 4.69) is 0 Å². The quantitative estimate of drug-likeness (QED) is 0.233. The number of hydrogen-bond acceptors (Lipinski definition) is 11. The minimum Gasteiger partial charge on any atom is -0.508 e. The van der Waals surface area contributed by atoms with Gasteiger partial charge in [-0.1, -0.05) is 13.3 Å². The van der Waals surface area contributed by atoms with Gasteiger partial charge < -0.3 is 44.2 Å². The van der Waals surface area contributed by atoms with Crippen LogP contribution in [0.15, 0.2) is 51.7 Å². The van der Waals surface area contributed by atoms with Gasteiger partial charge in [0.05, 0.1) is 6.61 Å². The van der Waals surface area contributed by atoms with E-state index in [-0.39, 0.29) is 34.8 Å². The van der Waals surface area contributed by atoms with Crippen molar-refractivity contribution in [3.8, 4) is 28.6 Å². The van der Waals surface area contributed by atoms with Crippen LogP contribution in [0.3, 0.4) is 0 Å². The number of carbonyl (C=O) groups excluding carboxylic acids is 1. The average molecular weight is 502 g/mol. The topological polar surface area (TPSA) is 176 Å². The molecule has 0 spiro atoms. The zero-order valence-electron chi connectivity index (χ0n) is 19.2. The molecule has 1 fully saturated rings. The predicted octanol–water partition coefficient (Wildman–Crippen LogP) is 1.40. The molecule has 11 nitrogen and oxygen atoms in total. The maximum atomic E-state index is 12.6. The number of unbranched alkanes of at least 4 members (excludes halogenated alkanes) is 1. The summed E-state index contributed by atoms with van der Waals surface area (Å²) in [7, 11) is 0. The molecule has 0 unspecified atom stereocenters. The highest BCUT2D eigenvalue weighted by Gasteiger charge is 2.48. The van der Waals surface area contributed by atoms with Crippen molar-refractivity contribution in [3.63, 3.8) is 0 Å². The number of ether oxygens (including phenoxy) is 3. The molecule has 4 rings (SSSR count). The van der Waals surface area contributed by atoms with Crippen LogP contribution in [0.1, 0.15) is 19.8 Å². The van der Waals surface area contributed by atoms with E-state index in [0.717, 1.165) is 12.5 Å². The zero-order valence-corrected chi connectivity index (χ0v) is 19.2. The molecule has 11 heteroatoms. The summed E-state index contributed by atoms with van der Waals surface area (Å²) in [6.45, 7) is 1.99. The van der Waals surface area contributed by atoms with Gasteiger partial charge in [-0.05, 0) is 30.7 Å². The molecule has 1 aliphatic rings.